The van der Waals surface area contributed by atoms with Gasteiger partial charge in [-0.05, 0) is 61.9 Å². The van der Waals surface area contributed by atoms with E-state index in [2.05, 4.69) is 21.7 Å². The number of nitrogens with zero attached hydrogens (tertiary/aromatic N) is 1. The number of carbonyl (C=O) groups excluding carboxylic acids is 1. The lowest BCUT2D eigenvalue weighted by atomic mass is 9.97. The fraction of sp³-hybridized carbons (Fsp3) is 0.333. The number of carbonyl (C=O) groups is 1. The smallest absolute Gasteiger partial charge is 0.269 e. The van der Waals surface area contributed by atoms with Crippen molar-refractivity contribution in [1.82, 2.24) is 10.3 Å². The van der Waals surface area contributed by atoms with E-state index < -0.39 is 0 Å². The molecule has 0 spiro atoms. The van der Waals surface area contributed by atoms with Crippen molar-refractivity contribution in [2.24, 2.45) is 0 Å². The number of anilines is 1. The predicted molar refractivity (Wildman–Crippen MR) is 107 cm³/mol. The molecule has 5 heteroatoms. The second kappa shape index (κ2) is 9.39. The van der Waals surface area contributed by atoms with E-state index in [1.165, 1.54) is 24.8 Å². The third kappa shape index (κ3) is 5.60. The molecule has 1 aliphatic rings. The maximum absolute atomic E-state index is 12.3. The minimum Gasteiger partial charge on any atom is -0.381 e. The zero-order valence-electron chi connectivity index (χ0n) is 14.8. The van der Waals surface area contributed by atoms with E-state index in [9.17, 15) is 4.79 Å². The lowest BCUT2D eigenvalue weighted by Gasteiger charge is -2.13. The summed E-state index contributed by atoms with van der Waals surface area (Å²) in [7, 11) is 0. The first-order valence-electron chi connectivity index (χ1n) is 9.11. The van der Waals surface area contributed by atoms with Crippen molar-refractivity contribution < 1.29 is 4.79 Å². The number of rotatable bonds is 7. The van der Waals surface area contributed by atoms with Gasteiger partial charge in [-0.15, -0.1) is 0 Å². The van der Waals surface area contributed by atoms with Crippen LogP contribution in [0.25, 0.3) is 0 Å². The van der Waals surface area contributed by atoms with E-state index in [1.807, 2.05) is 30.3 Å². The molecule has 0 saturated heterocycles. The number of aromatic nitrogens is 1. The predicted octanol–water partition coefficient (Wildman–Crippen LogP) is 4.97. The van der Waals surface area contributed by atoms with Gasteiger partial charge in [0.25, 0.3) is 5.91 Å². The number of amides is 1. The molecule has 0 bridgehead atoms. The first-order chi connectivity index (χ1) is 12.7. The van der Waals surface area contributed by atoms with Crippen LogP contribution in [0.5, 0.6) is 0 Å². The van der Waals surface area contributed by atoms with Crippen LogP contribution in [0.1, 0.15) is 48.2 Å². The largest absolute Gasteiger partial charge is 0.381 e. The average molecular weight is 370 g/mol. The second-order valence-corrected chi connectivity index (χ2v) is 6.96. The topological polar surface area (TPSA) is 54.0 Å². The Labute approximate surface area is 159 Å². The second-order valence-electron chi connectivity index (χ2n) is 6.52. The van der Waals surface area contributed by atoms with Crippen LogP contribution < -0.4 is 10.6 Å². The summed E-state index contributed by atoms with van der Waals surface area (Å²) >= 11 is 5.90. The Morgan fingerprint density at radius 3 is 2.77 bits per heavy atom. The normalized spacial score (nSPS) is 13.8. The van der Waals surface area contributed by atoms with Gasteiger partial charge in [-0.2, -0.15) is 0 Å². The highest BCUT2D eigenvalue weighted by Gasteiger charge is 2.09. The summed E-state index contributed by atoms with van der Waals surface area (Å²) in [6, 6.07) is 11.3. The molecule has 136 valence electrons. The van der Waals surface area contributed by atoms with Gasteiger partial charge in [0.15, 0.2) is 0 Å². The van der Waals surface area contributed by atoms with E-state index >= 15 is 0 Å². The quantitative estimate of drug-likeness (QED) is 0.677. The number of benzene rings is 1. The number of allylic oxidation sites excluding steroid dienone is 1. The van der Waals surface area contributed by atoms with Gasteiger partial charge in [0.05, 0.1) is 0 Å². The molecule has 1 aromatic heterocycles. The van der Waals surface area contributed by atoms with Crippen molar-refractivity contribution in [3.63, 3.8) is 0 Å². The van der Waals surface area contributed by atoms with Crippen LogP contribution in [-0.2, 0) is 6.54 Å². The third-order valence-electron chi connectivity index (χ3n) is 4.52. The summed E-state index contributed by atoms with van der Waals surface area (Å²) < 4.78 is 0. The maximum atomic E-state index is 12.3. The summed E-state index contributed by atoms with van der Waals surface area (Å²) in [6.45, 7) is 1.32. The Hall–Kier alpha value is -2.33. The molecule has 0 saturated carbocycles. The van der Waals surface area contributed by atoms with Crippen molar-refractivity contribution in [3.05, 3.63) is 70.5 Å². The van der Waals surface area contributed by atoms with Gasteiger partial charge in [0.1, 0.15) is 5.69 Å². The minimum atomic E-state index is -0.128. The highest BCUT2D eigenvalue weighted by molar-refractivity contribution is 6.30. The molecule has 1 amide bonds. The molecule has 0 radical (unpaired) electrons. The first kappa shape index (κ1) is 18.5. The number of hydrogen-bond acceptors (Lipinski definition) is 3. The molecular weight excluding hydrogens is 346 g/mol. The molecule has 1 aliphatic carbocycles. The summed E-state index contributed by atoms with van der Waals surface area (Å²) in [5.74, 6) is -0.128. The summed E-state index contributed by atoms with van der Waals surface area (Å²) in [5.41, 5.74) is 3.89. The zero-order valence-corrected chi connectivity index (χ0v) is 15.6. The van der Waals surface area contributed by atoms with Crippen LogP contribution in [-0.4, -0.2) is 17.4 Å². The fourth-order valence-electron chi connectivity index (χ4n) is 3.03. The van der Waals surface area contributed by atoms with Crippen LogP contribution in [0.15, 0.2) is 54.2 Å². The molecular formula is C21H24ClN3O. The van der Waals surface area contributed by atoms with E-state index in [-0.39, 0.29) is 5.91 Å². The van der Waals surface area contributed by atoms with Crippen molar-refractivity contribution in [2.75, 3.05) is 11.9 Å². The van der Waals surface area contributed by atoms with Crippen molar-refractivity contribution in [2.45, 2.75) is 38.6 Å². The van der Waals surface area contributed by atoms with E-state index in [0.29, 0.717) is 18.8 Å². The van der Waals surface area contributed by atoms with E-state index in [1.54, 1.807) is 12.3 Å². The molecule has 1 aromatic carbocycles. The van der Waals surface area contributed by atoms with Crippen molar-refractivity contribution >= 4 is 23.2 Å². The number of halogens is 1. The molecule has 0 fully saturated rings. The Bertz CT molecular complexity index is 771. The molecule has 0 aliphatic heterocycles. The van der Waals surface area contributed by atoms with Crippen molar-refractivity contribution in [1.29, 1.82) is 0 Å². The highest BCUT2D eigenvalue weighted by Crippen LogP contribution is 2.19. The zero-order chi connectivity index (χ0) is 18.2. The van der Waals surface area contributed by atoms with Gasteiger partial charge in [0, 0.05) is 30.0 Å². The van der Waals surface area contributed by atoms with Crippen LogP contribution in [0.2, 0.25) is 5.02 Å². The first-order valence-corrected chi connectivity index (χ1v) is 9.49. The van der Waals surface area contributed by atoms with Crippen LogP contribution in [0.3, 0.4) is 0 Å². The van der Waals surface area contributed by atoms with Crippen LogP contribution in [0, 0.1) is 0 Å². The number of pyridine rings is 1. The van der Waals surface area contributed by atoms with Crippen LogP contribution >= 0.6 is 11.6 Å². The van der Waals surface area contributed by atoms with E-state index in [4.69, 9.17) is 11.6 Å². The van der Waals surface area contributed by atoms with Gasteiger partial charge in [-0.25, -0.2) is 0 Å². The number of nitrogens with one attached hydrogen (secondary N) is 2. The Kier molecular flexibility index (Phi) is 6.67. The van der Waals surface area contributed by atoms with Gasteiger partial charge in [-0.1, -0.05) is 35.4 Å². The van der Waals surface area contributed by atoms with Gasteiger partial charge in [0.2, 0.25) is 0 Å². The number of hydrogen-bond donors (Lipinski definition) is 2. The lowest BCUT2D eigenvalue weighted by molar-refractivity contribution is 0.0949. The molecule has 0 atom stereocenters. The molecule has 1 heterocycles. The summed E-state index contributed by atoms with van der Waals surface area (Å²) in [4.78, 5) is 16.5. The maximum Gasteiger partial charge on any atom is 0.269 e. The lowest BCUT2D eigenvalue weighted by Crippen LogP contribution is -2.25. The fourth-order valence-corrected chi connectivity index (χ4v) is 3.16. The molecule has 2 aromatic rings. The van der Waals surface area contributed by atoms with Crippen LogP contribution in [0.4, 0.5) is 5.69 Å². The summed E-state index contributed by atoms with van der Waals surface area (Å²) in [5, 5.41) is 7.00. The van der Waals surface area contributed by atoms with E-state index in [0.717, 1.165) is 29.1 Å². The Morgan fingerprint density at radius 2 is 2.00 bits per heavy atom. The standard InChI is InChI=1S/C21H24ClN3O/c22-18-8-6-17(7-9-18)15-25-19-11-13-23-20(14-19)21(26)24-12-10-16-4-2-1-3-5-16/h4,6-9,11,13-14H,1-3,5,10,12,15H2,(H,23,25)(H,24,26). The molecule has 2 N–H and O–H groups in total. The SMILES string of the molecule is O=C(NCCC1=CCCCC1)c1cc(NCc2ccc(Cl)cc2)ccn1. The molecule has 26 heavy (non-hydrogen) atoms. The highest BCUT2D eigenvalue weighted by atomic mass is 35.5. The third-order valence-corrected chi connectivity index (χ3v) is 4.77. The average Bonchev–Trinajstić information content (AvgIpc) is 2.68. The minimum absolute atomic E-state index is 0.128. The van der Waals surface area contributed by atoms with Gasteiger partial charge >= 0.3 is 0 Å². The molecule has 0 unspecified atom stereocenters. The molecule has 3 rings (SSSR count). The summed E-state index contributed by atoms with van der Waals surface area (Å²) in [6.07, 6.45) is 9.79. The molecule has 4 nitrogen and oxygen atoms in total. The van der Waals surface area contributed by atoms with Gasteiger partial charge in [-0.3, -0.25) is 9.78 Å². The van der Waals surface area contributed by atoms with Crippen molar-refractivity contribution in [3.8, 4) is 0 Å². The monoisotopic (exact) mass is 369 g/mol. The van der Waals surface area contributed by atoms with Gasteiger partial charge < -0.3 is 10.6 Å². The Morgan fingerprint density at radius 1 is 1.15 bits per heavy atom. The Balaban J connectivity index is 1.50.